The molecule has 1 fully saturated rings. The summed E-state index contributed by atoms with van der Waals surface area (Å²) in [5.41, 5.74) is 0.775. The number of carbonyl (C=O) groups excluding carboxylic acids is 1. The molecular formula is C15H21FN2O2. The molecular weight excluding hydrogens is 259 g/mol. The molecule has 5 heteroatoms. The molecule has 0 bridgehead atoms. The van der Waals surface area contributed by atoms with Crippen LogP contribution in [0.25, 0.3) is 0 Å². The van der Waals surface area contributed by atoms with E-state index < -0.39 is 5.82 Å². The molecule has 0 aromatic heterocycles. The van der Waals surface area contributed by atoms with Gasteiger partial charge < -0.3 is 15.0 Å². The fourth-order valence-electron chi connectivity index (χ4n) is 2.49. The van der Waals surface area contributed by atoms with Crippen molar-refractivity contribution in [2.75, 3.05) is 20.2 Å². The number of nitrogens with zero attached hydrogens (tertiary/aromatic N) is 1. The van der Waals surface area contributed by atoms with Gasteiger partial charge in [0.05, 0.1) is 13.2 Å². The maximum atomic E-state index is 13.7. The highest BCUT2D eigenvalue weighted by molar-refractivity contribution is 5.82. The van der Waals surface area contributed by atoms with E-state index in [4.69, 9.17) is 4.74 Å². The lowest BCUT2D eigenvalue weighted by Crippen LogP contribution is -2.43. The maximum absolute atomic E-state index is 13.7. The Morgan fingerprint density at radius 2 is 2.35 bits per heavy atom. The molecule has 110 valence electrons. The highest BCUT2D eigenvalue weighted by Crippen LogP contribution is 2.19. The van der Waals surface area contributed by atoms with Crippen LogP contribution >= 0.6 is 0 Å². The molecule has 0 radical (unpaired) electrons. The first kappa shape index (κ1) is 14.8. The van der Waals surface area contributed by atoms with Gasteiger partial charge in [0.25, 0.3) is 0 Å². The van der Waals surface area contributed by atoms with Crippen LogP contribution in [-0.2, 0) is 11.3 Å². The van der Waals surface area contributed by atoms with Crippen LogP contribution < -0.4 is 10.1 Å². The SMILES string of the molecule is CCN(Cc1ccc(OC)c(F)c1)C(=O)[C@@H]1CCCN1. The van der Waals surface area contributed by atoms with Crippen molar-refractivity contribution in [3.8, 4) is 5.75 Å². The highest BCUT2D eigenvalue weighted by atomic mass is 19.1. The van der Waals surface area contributed by atoms with E-state index in [1.807, 2.05) is 6.92 Å². The molecule has 1 N–H and O–H groups in total. The van der Waals surface area contributed by atoms with Crippen LogP contribution in [0, 0.1) is 5.82 Å². The second kappa shape index (κ2) is 6.70. The third-order valence-electron chi connectivity index (χ3n) is 3.64. The van der Waals surface area contributed by atoms with E-state index in [1.165, 1.54) is 13.2 Å². The predicted molar refractivity (Wildman–Crippen MR) is 75.1 cm³/mol. The van der Waals surface area contributed by atoms with Crippen molar-refractivity contribution in [2.24, 2.45) is 0 Å². The Morgan fingerprint density at radius 3 is 2.90 bits per heavy atom. The number of nitrogens with one attached hydrogen (secondary N) is 1. The fourth-order valence-corrected chi connectivity index (χ4v) is 2.49. The highest BCUT2D eigenvalue weighted by Gasteiger charge is 2.26. The smallest absolute Gasteiger partial charge is 0.239 e. The van der Waals surface area contributed by atoms with E-state index in [9.17, 15) is 9.18 Å². The minimum absolute atomic E-state index is 0.0851. The summed E-state index contributed by atoms with van der Waals surface area (Å²) in [7, 11) is 1.44. The lowest BCUT2D eigenvalue weighted by Gasteiger charge is -2.24. The lowest BCUT2D eigenvalue weighted by atomic mass is 10.1. The number of benzene rings is 1. The molecule has 1 saturated heterocycles. The first-order valence-corrected chi connectivity index (χ1v) is 7.00. The minimum atomic E-state index is -0.396. The Bertz CT molecular complexity index is 473. The number of likely N-dealkylation sites (N-methyl/N-ethyl adjacent to an activating group) is 1. The average molecular weight is 280 g/mol. The number of amides is 1. The van der Waals surface area contributed by atoms with Crippen molar-refractivity contribution < 1.29 is 13.9 Å². The van der Waals surface area contributed by atoms with Crippen molar-refractivity contribution in [1.29, 1.82) is 0 Å². The molecule has 1 aromatic carbocycles. The Balaban J connectivity index is 2.05. The standard InChI is InChI=1S/C15H21FN2O2/c1-3-18(15(19)13-5-4-8-17-13)10-11-6-7-14(20-2)12(16)9-11/h6-7,9,13,17H,3-5,8,10H2,1-2H3/t13-/m0/s1. The molecule has 0 aliphatic carbocycles. The van der Waals surface area contributed by atoms with Crippen LogP contribution in [-0.4, -0.2) is 37.0 Å². The number of methoxy groups -OCH3 is 1. The molecule has 20 heavy (non-hydrogen) atoms. The number of hydrogen-bond donors (Lipinski definition) is 1. The Morgan fingerprint density at radius 1 is 1.55 bits per heavy atom. The average Bonchev–Trinajstić information content (AvgIpc) is 2.98. The van der Waals surface area contributed by atoms with Gasteiger partial charge >= 0.3 is 0 Å². The molecule has 1 atom stereocenters. The van der Waals surface area contributed by atoms with Gasteiger partial charge in [0.1, 0.15) is 0 Å². The summed E-state index contributed by atoms with van der Waals surface area (Å²) in [5.74, 6) is -0.0747. The van der Waals surface area contributed by atoms with Gasteiger partial charge in [-0.2, -0.15) is 0 Å². The van der Waals surface area contributed by atoms with Crippen molar-refractivity contribution in [3.63, 3.8) is 0 Å². The van der Waals surface area contributed by atoms with Gasteiger partial charge in [-0.1, -0.05) is 6.07 Å². The summed E-state index contributed by atoms with van der Waals surface area (Å²) >= 11 is 0. The first-order chi connectivity index (χ1) is 9.65. The summed E-state index contributed by atoms with van der Waals surface area (Å²) in [5, 5.41) is 3.20. The number of carbonyl (C=O) groups is 1. The van der Waals surface area contributed by atoms with Crippen LogP contribution in [0.15, 0.2) is 18.2 Å². The van der Waals surface area contributed by atoms with Gasteiger partial charge in [0, 0.05) is 13.1 Å². The second-order valence-corrected chi connectivity index (χ2v) is 4.97. The van der Waals surface area contributed by atoms with Gasteiger partial charge in [0.15, 0.2) is 11.6 Å². The van der Waals surface area contributed by atoms with Crippen molar-refractivity contribution in [3.05, 3.63) is 29.6 Å². The molecule has 1 amide bonds. The van der Waals surface area contributed by atoms with Crippen LogP contribution in [0.3, 0.4) is 0 Å². The van der Waals surface area contributed by atoms with Crippen molar-refractivity contribution in [2.45, 2.75) is 32.4 Å². The number of ether oxygens (including phenoxy) is 1. The summed E-state index contributed by atoms with van der Waals surface area (Å²) in [6.07, 6.45) is 1.91. The molecule has 1 aromatic rings. The van der Waals surface area contributed by atoms with E-state index in [1.54, 1.807) is 17.0 Å². The summed E-state index contributed by atoms with van der Waals surface area (Å²) in [6, 6.07) is 4.73. The monoisotopic (exact) mass is 280 g/mol. The number of hydrogen-bond acceptors (Lipinski definition) is 3. The largest absolute Gasteiger partial charge is 0.494 e. The third-order valence-corrected chi connectivity index (χ3v) is 3.64. The van der Waals surface area contributed by atoms with Crippen molar-refractivity contribution >= 4 is 5.91 Å². The summed E-state index contributed by atoms with van der Waals surface area (Å²) in [6.45, 7) is 3.87. The molecule has 0 unspecified atom stereocenters. The molecule has 0 spiro atoms. The van der Waals surface area contributed by atoms with Crippen LogP contribution in [0.1, 0.15) is 25.3 Å². The quantitative estimate of drug-likeness (QED) is 0.896. The van der Waals surface area contributed by atoms with Gasteiger partial charge in [-0.25, -0.2) is 4.39 Å². The molecule has 0 saturated carbocycles. The first-order valence-electron chi connectivity index (χ1n) is 7.00. The third kappa shape index (κ3) is 3.28. The van der Waals surface area contributed by atoms with Gasteiger partial charge in [-0.3, -0.25) is 4.79 Å². The maximum Gasteiger partial charge on any atom is 0.239 e. The van der Waals surface area contributed by atoms with E-state index >= 15 is 0 Å². The zero-order valence-electron chi connectivity index (χ0n) is 12.0. The molecule has 2 rings (SSSR count). The minimum Gasteiger partial charge on any atom is -0.494 e. The molecule has 1 aliphatic rings. The van der Waals surface area contributed by atoms with E-state index in [0.29, 0.717) is 13.1 Å². The molecule has 1 heterocycles. The topological polar surface area (TPSA) is 41.6 Å². The Hall–Kier alpha value is -1.62. The van der Waals surface area contributed by atoms with Crippen LogP contribution in [0.4, 0.5) is 4.39 Å². The van der Waals surface area contributed by atoms with E-state index in [0.717, 1.165) is 24.9 Å². The predicted octanol–water partition coefficient (Wildman–Crippen LogP) is 1.93. The summed E-state index contributed by atoms with van der Waals surface area (Å²) in [4.78, 5) is 14.1. The number of rotatable bonds is 5. The molecule has 1 aliphatic heterocycles. The Kier molecular flexibility index (Phi) is 4.95. The lowest BCUT2D eigenvalue weighted by molar-refractivity contribution is -0.133. The normalized spacial score (nSPS) is 18.1. The Labute approximate surface area is 118 Å². The van der Waals surface area contributed by atoms with Crippen molar-refractivity contribution in [1.82, 2.24) is 10.2 Å². The second-order valence-electron chi connectivity index (χ2n) is 4.97. The fraction of sp³-hybridized carbons (Fsp3) is 0.533. The zero-order chi connectivity index (χ0) is 14.5. The van der Waals surface area contributed by atoms with Gasteiger partial charge in [0.2, 0.25) is 5.91 Å². The van der Waals surface area contributed by atoms with E-state index in [2.05, 4.69) is 5.32 Å². The van der Waals surface area contributed by atoms with Gasteiger partial charge in [-0.15, -0.1) is 0 Å². The van der Waals surface area contributed by atoms with Gasteiger partial charge in [-0.05, 0) is 44.0 Å². The summed E-state index contributed by atoms with van der Waals surface area (Å²) < 4.78 is 18.6. The van der Waals surface area contributed by atoms with Crippen LogP contribution in [0.5, 0.6) is 5.75 Å². The van der Waals surface area contributed by atoms with Crippen LogP contribution in [0.2, 0.25) is 0 Å². The number of halogens is 1. The zero-order valence-corrected chi connectivity index (χ0v) is 12.0. The molecule has 4 nitrogen and oxygen atoms in total. The van der Waals surface area contributed by atoms with E-state index in [-0.39, 0.29) is 17.7 Å².